The molecule has 0 saturated heterocycles. The zero-order chi connectivity index (χ0) is 23.0. The van der Waals surface area contributed by atoms with Crippen LogP contribution in [0.3, 0.4) is 0 Å². The molecule has 0 heterocycles. The molecule has 0 atom stereocenters. The fourth-order valence-corrected chi connectivity index (χ4v) is 3.10. The number of nitrogens with zero attached hydrogens (tertiary/aromatic N) is 1. The molecule has 6 nitrogen and oxygen atoms in total. The smallest absolute Gasteiger partial charge is 0.127 e. The van der Waals surface area contributed by atoms with Crippen LogP contribution in [0.1, 0.15) is 37.3 Å². The number of rotatable bonds is 15. The van der Waals surface area contributed by atoms with Gasteiger partial charge < -0.3 is 23.8 Å². The predicted octanol–water partition coefficient (Wildman–Crippen LogP) is 5.90. The fourth-order valence-electron chi connectivity index (χ4n) is 3.10. The van der Waals surface area contributed by atoms with E-state index in [2.05, 4.69) is 23.8 Å². The monoisotopic (exact) mass is 441 g/mol. The Bertz CT molecular complexity index is 840. The van der Waals surface area contributed by atoms with Crippen LogP contribution in [-0.4, -0.2) is 39.8 Å². The molecule has 0 aliphatic carbocycles. The van der Waals surface area contributed by atoms with Crippen LogP contribution in [0.2, 0.25) is 0 Å². The predicted molar refractivity (Wildman–Crippen MR) is 129 cm³/mol. The van der Waals surface area contributed by atoms with Gasteiger partial charge in [0.15, 0.2) is 0 Å². The zero-order valence-electron chi connectivity index (χ0n) is 19.6. The molecule has 0 bridgehead atoms. The lowest BCUT2D eigenvalue weighted by Crippen LogP contribution is -2.04. The second-order valence-electron chi connectivity index (χ2n) is 7.28. The van der Waals surface area contributed by atoms with Gasteiger partial charge in [0.25, 0.3) is 0 Å². The van der Waals surface area contributed by atoms with E-state index in [0.717, 1.165) is 53.4 Å². The van der Waals surface area contributed by atoms with E-state index in [1.54, 1.807) is 6.21 Å². The highest BCUT2D eigenvalue weighted by Crippen LogP contribution is 2.28. The molecule has 0 N–H and O–H groups in total. The second kappa shape index (κ2) is 14.8. The van der Waals surface area contributed by atoms with Gasteiger partial charge in [0.2, 0.25) is 0 Å². The quantitative estimate of drug-likeness (QED) is 0.149. The normalized spacial score (nSPS) is 11.1. The van der Waals surface area contributed by atoms with Gasteiger partial charge in [-0.3, -0.25) is 0 Å². The van der Waals surface area contributed by atoms with Crippen LogP contribution in [-0.2, 0) is 4.84 Å². The summed E-state index contributed by atoms with van der Waals surface area (Å²) in [6.45, 7) is 8.37. The maximum Gasteiger partial charge on any atom is 0.127 e. The Kier molecular flexibility index (Phi) is 11.6. The minimum atomic E-state index is 0.349. The van der Waals surface area contributed by atoms with Crippen molar-refractivity contribution in [3.8, 4) is 23.0 Å². The first kappa shape index (κ1) is 25.1. The number of benzene rings is 2. The molecule has 32 heavy (non-hydrogen) atoms. The lowest BCUT2D eigenvalue weighted by molar-refractivity contribution is 0.212. The first-order valence-corrected chi connectivity index (χ1v) is 11.0. The molecule has 0 unspecified atom stereocenters. The largest absolute Gasteiger partial charge is 0.493 e. The number of hydrogen-bond donors (Lipinski definition) is 0. The first-order valence-electron chi connectivity index (χ1n) is 11.0. The summed E-state index contributed by atoms with van der Waals surface area (Å²) < 4.78 is 23.2. The van der Waals surface area contributed by atoms with Crippen LogP contribution in [0.25, 0.3) is 0 Å². The van der Waals surface area contributed by atoms with E-state index in [9.17, 15) is 0 Å². The number of unbranched alkanes of at least 4 members (excludes halogenated alkanes) is 2. The summed E-state index contributed by atoms with van der Waals surface area (Å²) in [6.07, 6.45) is 8.50. The Labute approximate surface area is 191 Å². The Balaban J connectivity index is 1.65. The summed E-state index contributed by atoms with van der Waals surface area (Å²) in [5, 5.41) is 3.64. The molecule has 174 valence electrons. The molecule has 0 spiro atoms. The molecule has 0 aliphatic rings. The number of allylic oxidation sites excluding steroid dienone is 1. The fraction of sp³-hybridized carbons (Fsp3) is 0.423. The van der Waals surface area contributed by atoms with E-state index in [0.29, 0.717) is 26.4 Å². The highest BCUT2D eigenvalue weighted by molar-refractivity contribution is 5.58. The van der Waals surface area contributed by atoms with Crippen molar-refractivity contribution in [1.29, 1.82) is 0 Å². The summed E-state index contributed by atoms with van der Waals surface area (Å²) in [7, 11) is 1.50. The topological polar surface area (TPSA) is 58.5 Å². The van der Waals surface area contributed by atoms with Crippen LogP contribution in [0, 0.1) is 13.8 Å². The molecule has 6 heteroatoms. The van der Waals surface area contributed by atoms with Gasteiger partial charge in [-0.1, -0.05) is 23.4 Å². The van der Waals surface area contributed by atoms with Crippen LogP contribution < -0.4 is 18.9 Å². The molecule has 2 rings (SSSR count). The molecule has 0 aromatic heterocycles. The molecule has 0 aliphatic heterocycles. The third kappa shape index (κ3) is 9.33. The van der Waals surface area contributed by atoms with E-state index in [-0.39, 0.29) is 0 Å². The minimum Gasteiger partial charge on any atom is -0.493 e. The van der Waals surface area contributed by atoms with Crippen molar-refractivity contribution in [3.63, 3.8) is 0 Å². The van der Waals surface area contributed by atoms with Crippen LogP contribution in [0.15, 0.2) is 53.7 Å². The van der Waals surface area contributed by atoms with Gasteiger partial charge in [-0.2, -0.15) is 0 Å². The van der Waals surface area contributed by atoms with Gasteiger partial charge in [0.05, 0.1) is 19.4 Å². The van der Waals surface area contributed by atoms with Crippen LogP contribution in [0.4, 0.5) is 0 Å². The van der Waals surface area contributed by atoms with Crippen molar-refractivity contribution in [1.82, 2.24) is 0 Å². The van der Waals surface area contributed by atoms with Gasteiger partial charge >= 0.3 is 0 Å². The molecule has 2 aromatic rings. The molecule has 0 fully saturated rings. The number of oxime groups is 1. The molecular weight excluding hydrogens is 406 g/mol. The second-order valence-corrected chi connectivity index (χ2v) is 7.28. The van der Waals surface area contributed by atoms with Gasteiger partial charge in [0.1, 0.15) is 43.3 Å². The number of hydrogen-bond acceptors (Lipinski definition) is 6. The molecule has 2 aromatic carbocycles. The Morgan fingerprint density at radius 2 is 1.44 bits per heavy atom. The molecule has 0 amide bonds. The summed E-state index contributed by atoms with van der Waals surface area (Å²) in [5.41, 5.74) is 2.19. The molecule has 0 radical (unpaired) electrons. The number of ether oxygens (including phenoxy) is 4. The van der Waals surface area contributed by atoms with E-state index in [4.69, 9.17) is 18.9 Å². The average molecular weight is 442 g/mol. The average Bonchev–Trinajstić information content (AvgIpc) is 2.78. The highest BCUT2D eigenvalue weighted by Gasteiger charge is 2.07. The lowest BCUT2D eigenvalue weighted by Gasteiger charge is -2.14. The molecular formula is C26H35NO5. The summed E-state index contributed by atoms with van der Waals surface area (Å²) in [6, 6.07) is 11.7. The maximum atomic E-state index is 6.04. The van der Waals surface area contributed by atoms with Gasteiger partial charge in [0, 0.05) is 6.07 Å². The number of aryl methyl sites for hydroxylation is 2. The van der Waals surface area contributed by atoms with Gasteiger partial charge in [-0.05, 0) is 75.4 Å². The maximum absolute atomic E-state index is 6.04. The standard InChI is InChI=1S/C26H35NO5/c1-5-6-14-30-25-18-21(2)26(22(3)19-25)32-16-9-7-8-15-29-23-11-10-12-24(20-23)31-17-13-27-28-4/h5-6,10-13,18-20H,7-9,14-17H2,1-4H3/b6-5+,27-13?. The highest BCUT2D eigenvalue weighted by atomic mass is 16.6. The zero-order valence-corrected chi connectivity index (χ0v) is 19.6. The van der Waals surface area contributed by atoms with E-state index >= 15 is 0 Å². The third-order valence-corrected chi connectivity index (χ3v) is 4.63. The SMILES string of the molecule is C/C=C/COc1cc(C)c(OCCCCCOc2cccc(OCC=NOC)c2)c(C)c1. The van der Waals surface area contributed by atoms with Crippen LogP contribution >= 0.6 is 0 Å². The van der Waals surface area contributed by atoms with E-state index in [1.165, 1.54) is 7.11 Å². The Morgan fingerprint density at radius 1 is 0.781 bits per heavy atom. The van der Waals surface area contributed by atoms with Crippen molar-refractivity contribution in [3.05, 3.63) is 59.7 Å². The Morgan fingerprint density at radius 3 is 2.12 bits per heavy atom. The minimum absolute atomic E-state index is 0.349. The van der Waals surface area contributed by atoms with Gasteiger partial charge in [-0.15, -0.1) is 0 Å². The van der Waals surface area contributed by atoms with Crippen molar-refractivity contribution in [2.24, 2.45) is 5.16 Å². The van der Waals surface area contributed by atoms with Crippen molar-refractivity contribution >= 4 is 6.21 Å². The summed E-state index contributed by atoms with van der Waals surface area (Å²) in [5.74, 6) is 3.36. The van der Waals surface area contributed by atoms with E-state index < -0.39 is 0 Å². The Hall–Kier alpha value is -3.15. The lowest BCUT2D eigenvalue weighted by atomic mass is 10.1. The van der Waals surface area contributed by atoms with Gasteiger partial charge in [-0.25, -0.2) is 0 Å². The first-order chi connectivity index (χ1) is 15.6. The van der Waals surface area contributed by atoms with E-state index in [1.807, 2.05) is 55.5 Å². The van der Waals surface area contributed by atoms with Crippen molar-refractivity contribution in [2.75, 3.05) is 33.5 Å². The summed E-state index contributed by atoms with van der Waals surface area (Å²) >= 11 is 0. The van der Waals surface area contributed by atoms with Crippen LogP contribution in [0.5, 0.6) is 23.0 Å². The summed E-state index contributed by atoms with van der Waals surface area (Å²) in [4.78, 5) is 4.60. The molecule has 0 saturated carbocycles. The van der Waals surface area contributed by atoms with Crippen molar-refractivity contribution in [2.45, 2.75) is 40.0 Å². The third-order valence-electron chi connectivity index (χ3n) is 4.63. The van der Waals surface area contributed by atoms with Crippen molar-refractivity contribution < 1.29 is 23.8 Å².